The van der Waals surface area contributed by atoms with Gasteiger partial charge in [-0.3, -0.25) is 9.79 Å². The fraction of sp³-hybridized carbons (Fsp3) is 0.600. The van der Waals surface area contributed by atoms with Gasteiger partial charge in [-0.2, -0.15) is 0 Å². The Balaban J connectivity index is 3.51. The molecule has 1 amide bonds. The minimum absolute atomic E-state index is 0.127. The van der Waals surface area contributed by atoms with Gasteiger partial charge in [0.2, 0.25) is 5.91 Å². The van der Waals surface area contributed by atoms with Crippen LogP contribution in [0.25, 0.3) is 0 Å². The molecule has 0 aliphatic carbocycles. The van der Waals surface area contributed by atoms with Crippen molar-refractivity contribution in [2.75, 3.05) is 27.2 Å². The number of rotatable bonds is 5. The van der Waals surface area contributed by atoms with E-state index in [1.165, 1.54) is 6.08 Å². The van der Waals surface area contributed by atoms with Crippen molar-refractivity contribution in [3.05, 3.63) is 12.7 Å². The van der Waals surface area contributed by atoms with Gasteiger partial charge in [-0.25, -0.2) is 0 Å². The SMILES string of the molecule is C=CC(=O)NCCCN=C(C)N(C)C. The lowest BCUT2D eigenvalue weighted by Crippen LogP contribution is -2.23. The highest BCUT2D eigenvalue weighted by Crippen LogP contribution is 1.85. The summed E-state index contributed by atoms with van der Waals surface area (Å²) in [6.07, 6.45) is 2.12. The molecule has 14 heavy (non-hydrogen) atoms. The lowest BCUT2D eigenvalue weighted by molar-refractivity contribution is -0.116. The van der Waals surface area contributed by atoms with Gasteiger partial charge in [0, 0.05) is 27.2 Å². The number of hydrogen-bond acceptors (Lipinski definition) is 2. The van der Waals surface area contributed by atoms with Gasteiger partial charge >= 0.3 is 0 Å². The molecule has 0 fully saturated rings. The molecule has 0 spiro atoms. The highest BCUT2D eigenvalue weighted by Gasteiger charge is 1.93. The van der Waals surface area contributed by atoms with Crippen molar-refractivity contribution in [1.29, 1.82) is 0 Å². The number of amidine groups is 1. The molecule has 0 aromatic rings. The van der Waals surface area contributed by atoms with Crippen molar-refractivity contribution in [3.63, 3.8) is 0 Å². The first-order valence-electron chi connectivity index (χ1n) is 4.66. The van der Waals surface area contributed by atoms with E-state index >= 15 is 0 Å². The van der Waals surface area contributed by atoms with Gasteiger partial charge in [-0.15, -0.1) is 0 Å². The van der Waals surface area contributed by atoms with Crippen LogP contribution in [-0.4, -0.2) is 43.8 Å². The van der Waals surface area contributed by atoms with E-state index in [0.717, 1.165) is 18.8 Å². The lowest BCUT2D eigenvalue weighted by Gasteiger charge is -2.10. The predicted octanol–water partition coefficient (Wildman–Crippen LogP) is 0.659. The number of nitrogens with zero attached hydrogens (tertiary/aromatic N) is 2. The van der Waals surface area contributed by atoms with E-state index in [1.807, 2.05) is 25.9 Å². The molecule has 4 nitrogen and oxygen atoms in total. The van der Waals surface area contributed by atoms with Gasteiger partial charge in [0.15, 0.2) is 0 Å². The van der Waals surface area contributed by atoms with Gasteiger partial charge in [-0.05, 0) is 19.4 Å². The Labute approximate surface area is 85.7 Å². The summed E-state index contributed by atoms with van der Waals surface area (Å²) < 4.78 is 0. The van der Waals surface area contributed by atoms with Crippen molar-refractivity contribution in [1.82, 2.24) is 10.2 Å². The van der Waals surface area contributed by atoms with Crippen LogP contribution < -0.4 is 5.32 Å². The van der Waals surface area contributed by atoms with E-state index in [-0.39, 0.29) is 5.91 Å². The fourth-order valence-electron chi connectivity index (χ4n) is 0.745. The van der Waals surface area contributed by atoms with Gasteiger partial charge in [0.05, 0.1) is 5.84 Å². The summed E-state index contributed by atoms with van der Waals surface area (Å²) in [6, 6.07) is 0. The zero-order chi connectivity index (χ0) is 11.0. The van der Waals surface area contributed by atoms with E-state index in [9.17, 15) is 4.79 Å². The van der Waals surface area contributed by atoms with E-state index in [0.29, 0.717) is 6.54 Å². The summed E-state index contributed by atoms with van der Waals surface area (Å²) in [4.78, 5) is 17.0. The Morgan fingerprint density at radius 3 is 2.71 bits per heavy atom. The van der Waals surface area contributed by atoms with Crippen molar-refractivity contribution in [3.8, 4) is 0 Å². The number of carbonyl (C=O) groups excluding carboxylic acids is 1. The molecule has 0 aromatic heterocycles. The molecule has 80 valence electrons. The van der Waals surface area contributed by atoms with E-state index < -0.39 is 0 Å². The molecule has 0 unspecified atom stereocenters. The molecule has 0 atom stereocenters. The second-order valence-electron chi connectivity index (χ2n) is 3.17. The largest absolute Gasteiger partial charge is 0.367 e. The Morgan fingerprint density at radius 2 is 2.21 bits per heavy atom. The maximum absolute atomic E-state index is 10.7. The summed E-state index contributed by atoms with van der Waals surface area (Å²) in [6.45, 7) is 6.71. The van der Waals surface area contributed by atoms with Crippen LogP contribution in [0.5, 0.6) is 0 Å². The Hall–Kier alpha value is -1.32. The summed E-state index contributed by atoms with van der Waals surface area (Å²) in [5, 5.41) is 2.70. The minimum Gasteiger partial charge on any atom is -0.367 e. The third-order valence-electron chi connectivity index (χ3n) is 1.81. The molecule has 0 saturated heterocycles. The zero-order valence-corrected chi connectivity index (χ0v) is 9.21. The topological polar surface area (TPSA) is 44.7 Å². The molecule has 0 bridgehead atoms. The van der Waals surface area contributed by atoms with Crippen molar-refractivity contribution in [2.24, 2.45) is 4.99 Å². The van der Waals surface area contributed by atoms with E-state index in [1.54, 1.807) is 0 Å². The molecule has 0 saturated carbocycles. The van der Waals surface area contributed by atoms with Gasteiger partial charge < -0.3 is 10.2 Å². The fourth-order valence-corrected chi connectivity index (χ4v) is 0.745. The maximum atomic E-state index is 10.7. The average molecular weight is 197 g/mol. The summed E-state index contributed by atoms with van der Waals surface area (Å²) in [7, 11) is 3.91. The number of aliphatic imine (C=N–C) groups is 1. The standard InChI is InChI=1S/C10H19N3O/c1-5-10(14)12-8-6-7-11-9(2)13(3)4/h5H,1,6-8H2,2-4H3,(H,12,14). The van der Waals surface area contributed by atoms with Crippen LogP contribution in [0.3, 0.4) is 0 Å². The maximum Gasteiger partial charge on any atom is 0.243 e. The first-order chi connectivity index (χ1) is 6.57. The third-order valence-corrected chi connectivity index (χ3v) is 1.81. The minimum atomic E-state index is -0.127. The summed E-state index contributed by atoms with van der Waals surface area (Å²) in [5.74, 6) is 0.873. The summed E-state index contributed by atoms with van der Waals surface area (Å²) >= 11 is 0. The van der Waals surface area contributed by atoms with Crippen LogP contribution in [-0.2, 0) is 4.79 Å². The van der Waals surface area contributed by atoms with Crippen LogP contribution in [0.1, 0.15) is 13.3 Å². The number of nitrogens with one attached hydrogen (secondary N) is 1. The molecule has 0 aromatic carbocycles. The molecule has 1 N–H and O–H groups in total. The lowest BCUT2D eigenvalue weighted by atomic mass is 10.4. The molecule has 4 heteroatoms. The zero-order valence-electron chi connectivity index (χ0n) is 9.21. The smallest absolute Gasteiger partial charge is 0.243 e. The van der Waals surface area contributed by atoms with Gasteiger partial charge in [0.25, 0.3) is 0 Å². The first kappa shape index (κ1) is 12.7. The second kappa shape index (κ2) is 7.12. The second-order valence-corrected chi connectivity index (χ2v) is 3.17. The first-order valence-corrected chi connectivity index (χ1v) is 4.66. The van der Waals surface area contributed by atoms with E-state index in [4.69, 9.17) is 0 Å². The molecular formula is C10H19N3O. The van der Waals surface area contributed by atoms with Crippen LogP contribution in [0.15, 0.2) is 17.6 Å². The number of carbonyl (C=O) groups is 1. The molecule has 0 rings (SSSR count). The van der Waals surface area contributed by atoms with Crippen LogP contribution in [0.4, 0.5) is 0 Å². The quantitative estimate of drug-likeness (QED) is 0.304. The van der Waals surface area contributed by atoms with E-state index in [2.05, 4.69) is 16.9 Å². The van der Waals surface area contributed by atoms with Crippen molar-refractivity contribution < 1.29 is 4.79 Å². The monoisotopic (exact) mass is 197 g/mol. The van der Waals surface area contributed by atoms with Crippen molar-refractivity contribution >= 4 is 11.7 Å². The van der Waals surface area contributed by atoms with Gasteiger partial charge in [0.1, 0.15) is 0 Å². The summed E-state index contributed by atoms with van der Waals surface area (Å²) in [5.41, 5.74) is 0. The normalized spacial score (nSPS) is 10.9. The molecule has 0 radical (unpaired) electrons. The highest BCUT2D eigenvalue weighted by molar-refractivity contribution is 5.86. The third kappa shape index (κ3) is 6.22. The van der Waals surface area contributed by atoms with Crippen LogP contribution >= 0.6 is 0 Å². The van der Waals surface area contributed by atoms with Crippen LogP contribution in [0.2, 0.25) is 0 Å². The molecule has 0 aliphatic rings. The Kier molecular flexibility index (Phi) is 6.45. The molecular weight excluding hydrogens is 178 g/mol. The average Bonchev–Trinajstić information content (AvgIpc) is 2.16. The number of amides is 1. The van der Waals surface area contributed by atoms with Gasteiger partial charge in [-0.1, -0.05) is 6.58 Å². The van der Waals surface area contributed by atoms with Crippen LogP contribution in [0, 0.1) is 0 Å². The Morgan fingerprint density at radius 1 is 1.57 bits per heavy atom. The highest BCUT2D eigenvalue weighted by atomic mass is 16.1. The Bertz CT molecular complexity index is 221. The predicted molar refractivity (Wildman–Crippen MR) is 59.5 cm³/mol. The molecule has 0 aliphatic heterocycles. The molecule has 0 heterocycles. The number of hydrogen-bond donors (Lipinski definition) is 1. The van der Waals surface area contributed by atoms with Crippen molar-refractivity contribution in [2.45, 2.75) is 13.3 Å².